The molecule has 0 aliphatic heterocycles. The topological polar surface area (TPSA) is 41.8 Å². The maximum absolute atomic E-state index is 13.4. The van der Waals surface area contributed by atoms with Gasteiger partial charge in [0.2, 0.25) is 0 Å². The summed E-state index contributed by atoms with van der Waals surface area (Å²) in [6, 6.07) is 4.61. The molecule has 0 fully saturated rings. The standard InChI is InChI=1S/C8H4BrFN2OS/c9-4-2-1-3-5(10)6(4)7-11-12-8(14)13-7/h1-3H,(H,12,14). The van der Waals surface area contributed by atoms with E-state index in [-0.39, 0.29) is 16.3 Å². The summed E-state index contributed by atoms with van der Waals surface area (Å²) < 4.78 is 18.9. The highest BCUT2D eigenvalue weighted by Gasteiger charge is 2.13. The Bertz CT molecular complexity index is 502. The number of hydrogen-bond donors (Lipinski definition) is 1. The molecule has 1 heterocycles. The van der Waals surface area contributed by atoms with Crippen LogP contribution in [0.2, 0.25) is 0 Å². The third-order valence-electron chi connectivity index (χ3n) is 1.61. The number of rotatable bonds is 1. The summed E-state index contributed by atoms with van der Waals surface area (Å²) in [6.45, 7) is 0. The van der Waals surface area contributed by atoms with Crippen LogP contribution in [0.15, 0.2) is 27.1 Å². The zero-order valence-electron chi connectivity index (χ0n) is 6.75. The molecule has 0 unspecified atom stereocenters. The third kappa shape index (κ3) is 1.62. The SMILES string of the molecule is Fc1cccc(Br)c1-c1n[nH]c(=S)o1. The first-order chi connectivity index (χ1) is 6.68. The summed E-state index contributed by atoms with van der Waals surface area (Å²) in [4.78, 5) is 0.121. The highest BCUT2D eigenvalue weighted by molar-refractivity contribution is 9.10. The smallest absolute Gasteiger partial charge is 0.284 e. The van der Waals surface area contributed by atoms with E-state index in [1.54, 1.807) is 12.1 Å². The Hall–Kier alpha value is -1.01. The van der Waals surface area contributed by atoms with Crippen LogP contribution >= 0.6 is 28.1 Å². The van der Waals surface area contributed by atoms with E-state index in [0.717, 1.165) is 0 Å². The van der Waals surface area contributed by atoms with Gasteiger partial charge in [-0.05, 0) is 40.3 Å². The van der Waals surface area contributed by atoms with E-state index in [0.29, 0.717) is 4.47 Å². The first kappa shape index (κ1) is 9.54. The number of hydrogen-bond acceptors (Lipinski definition) is 3. The summed E-state index contributed by atoms with van der Waals surface area (Å²) in [6.07, 6.45) is 0. The van der Waals surface area contributed by atoms with E-state index in [4.69, 9.17) is 16.6 Å². The number of aromatic amines is 1. The average molecular weight is 275 g/mol. The third-order valence-corrected chi connectivity index (χ3v) is 2.45. The molecule has 0 spiro atoms. The summed E-state index contributed by atoms with van der Waals surface area (Å²) >= 11 is 7.90. The van der Waals surface area contributed by atoms with Gasteiger partial charge in [0, 0.05) is 4.47 Å². The van der Waals surface area contributed by atoms with Crippen molar-refractivity contribution in [3.8, 4) is 11.5 Å². The van der Waals surface area contributed by atoms with Gasteiger partial charge >= 0.3 is 0 Å². The largest absolute Gasteiger partial charge is 0.409 e. The number of nitrogens with one attached hydrogen (secondary N) is 1. The van der Waals surface area contributed by atoms with E-state index >= 15 is 0 Å². The molecule has 1 aromatic heterocycles. The van der Waals surface area contributed by atoms with Gasteiger partial charge in [0.15, 0.2) is 0 Å². The molecule has 1 aromatic carbocycles. The molecule has 2 rings (SSSR count). The lowest BCUT2D eigenvalue weighted by molar-refractivity contribution is 0.543. The molecule has 2 aromatic rings. The minimum Gasteiger partial charge on any atom is -0.409 e. The highest BCUT2D eigenvalue weighted by atomic mass is 79.9. The van der Waals surface area contributed by atoms with E-state index in [1.165, 1.54) is 6.07 Å². The van der Waals surface area contributed by atoms with Crippen molar-refractivity contribution in [1.29, 1.82) is 0 Å². The summed E-state index contributed by atoms with van der Waals surface area (Å²) in [5.74, 6) is -0.274. The minimum absolute atomic E-state index is 0.121. The zero-order valence-corrected chi connectivity index (χ0v) is 9.15. The Morgan fingerprint density at radius 1 is 1.50 bits per heavy atom. The lowest BCUT2D eigenvalue weighted by Gasteiger charge is -1.99. The van der Waals surface area contributed by atoms with Gasteiger partial charge in [-0.25, -0.2) is 9.49 Å². The van der Waals surface area contributed by atoms with Gasteiger partial charge in [0.1, 0.15) is 5.82 Å². The van der Waals surface area contributed by atoms with Gasteiger partial charge in [0.25, 0.3) is 10.7 Å². The van der Waals surface area contributed by atoms with Gasteiger partial charge in [0.05, 0.1) is 5.56 Å². The number of nitrogens with zero attached hydrogens (tertiary/aromatic N) is 1. The molecule has 6 heteroatoms. The molecular formula is C8H4BrFN2OS. The van der Waals surface area contributed by atoms with Crippen molar-refractivity contribution in [1.82, 2.24) is 10.2 Å². The van der Waals surface area contributed by atoms with E-state index < -0.39 is 5.82 Å². The lowest BCUT2D eigenvalue weighted by Crippen LogP contribution is -1.85. The molecule has 0 radical (unpaired) electrons. The Morgan fingerprint density at radius 2 is 2.29 bits per heavy atom. The lowest BCUT2D eigenvalue weighted by atomic mass is 10.2. The summed E-state index contributed by atoms with van der Waals surface area (Å²) in [7, 11) is 0. The van der Waals surface area contributed by atoms with Crippen molar-refractivity contribution in [2.24, 2.45) is 0 Å². The van der Waals surface area contributed by atoms with E-state index in [9.17, 15) is 4.39 Å². The van der Waals surface area contributed by atoms with Gasteiger partial charge in [-0.1, -0.05) is 6.07 Å². The molecule has 14 heavy (non-hydrogen) atoms. The van der Waals surface area contributed by atoms with Crippen LogP contribution in [0.1, 0.15) is 0 Å². The Kier molecular flexibility index (Phi) is 2.47. The van der Waals surface area contributed by atoms with Crippen LogP contribution in [0.5, 0.6) is 0 Å². The predicted octanol–water partition coefficient (Wildman–Crippen LogP) is 3.30. The molecule has 0 saturated carbocycles. The van der Waals surface area contributed by atoms with Crippen LogP contribution < -0.4 is 0 Å². The second kappa shape index (κ2) is 3.62. The van der Waals surface area contributed by atoms with Crippen LogP contribution in [-0.2, 0) is 0 Å². The zero-order chi connectivity index (χ0) is 10.1. The minimum atomic E-state index is -0.412. The number of halogens is 2. The second-order valence-electron chi connectivity index (χ2n) is 2.51. The molecule has 72 valence electrons. The normalized spacial score (nSPS) is 10.4. The van der Waals surface area contributed by atoms with Crippen molar-refractivity contribution in [2.45, 2.75) is 0 Å². The molecule has 0 saturated heterocycles. The summed E-state index contributed by atoms with van der Waals surface area (Å²) in [5.41, 5.74) is 0.264. The van der Waals surface area contributed by atoms with Crippen molar-refractivity contribution >= 4 is 28.1 Å². The van der Waals surface area contributed by atoms with Crippen LogP contribution in [-0.4, -0.2) is 10.2 Å². The molecule has 3 nitrogen and oxygen atoms in total. The average Bonchev–Trinajstić information content (AvgIpc) is 2.51. The Balaban J connectivity index is 2.67. The fraction of sp³-hybridized carbons (Fsp3) is 0. The molecular weight excluding hydrogens is 271 g/mol. The number of benzene rings is 1. The monoisotopic (exact) mass is 274 g/mol. The first-order valence-electron chi connectivity index (χ1n) is 3.68. The van der Waals surface area contributed by atoms with Crippen LogP contribution in [0, 0.1) is 10.7 Å². The number of aromatic nitrogens is 2. The predicted molar refractivity (Wildman–Crippen MR) is 54.8 cm³/mol. The van der Waals surface area contributed by atoms with Crippen molar-refractivity contribution < 1.29 is 8.81 Å². The van der Waals surface area contributed by atoms with E-state index in [2.05, 4.69) is 26.1 Å². The number of H-pyrrole nitrogens is 1. The van der Waals surface area contributed by atoms with Crippen molar-refractivity contribution in [3.05, 3.63) is 33.3 Å². The summed E-state index contributed by atoms with van der Waals surface area (Å²) in [5, 5.41) is 6.17. The van der Waals surface area contributed by atoms with Crippen molar-refractivity contribution in [2.75, 3.05) is 0 Å². The molecule has 0 bridgehead atoms. The molecule has 0 atom stereocenters. The van der Waals surface area contributed by atoms with Crippen LogP contribution in [0.25, 0.3) is 11.5 Å². The maximum atomic E-state index is 13.4. The molecule has 0 amide bonds. The first-order valence-corrected chi connectivity index (χ1v) is 4.88. The Labute approximate surface area is 92.1 Å². The molecule has 0 aliphatic carbocycles. The van der Waals surface area contributed by atoms with Crippen LogP contribution in [0.4, 0.5) is 4.39 Å². The van der Waals surface area contributed by atoms with Gasteiger partial charge < -0.3 is 4.42 Å². The maximum Gasteiger partial charge on any atom is 0.284 e. The fourth-order valence-corrected chi connectivity index (χ4v) is 1.68. The Morgan fingerprint density at radius 3 is 2.86 bits per heavy atom. The molecule has 1 N–H and O–H groups in total. The quantitative estimate of drug-likeness (QED) is 0.812. The van der Waals surface area contributed by atoms with Gasteiger partial charge in [-0.2, -0.15) is 0 Å². The highest BCUT2D eigenvalue weighted by Crippen LogP contribution is 2.29. The van der Waals surface area contributed by atoms with Gasteiger partial charge in [-0.15, -0.1) is 5.10 Å². The molecule has 0 aliphatic rings. The van der Waals surface area contributed by atoms with E-state index in [1.807, 2.05) is 0 Å². The van der Waals surface area contributed by atoms with Gasteiger partial charge in [-0.3, -0.25) is 0 Å². The van der Waals surface area contributed by atoms with Crippen LogP contribution in [0.3, 0.4) is 0 Å². The van der Waals surface area contributed by atoms with Crippen molar-refractivity contribution in [3.63, 3.8) is 0 Å². The fourth-order valence-electron chi connectivity index (χ4n) is 1.04. The second-order valence-corrected chi connectivity index (χ2v) is 3.74.